The number of piperidine rings is 1. The molecule has 0 radical (unpaired) electrons. The second-order valence-corrected chi connectivity index (χ2v) is 3.75. The van der Waals surface area contributed by atoms with Crippen LogP contribution in [0.2, 0.25) is 0 Å². The van der Waals surface area contributed by atoms with Gasteiger partial charge in [-0.2, -0.15) is 0 Å². The van der Waals surface area contributed by atoms with Gasteiger partial charge in [-0.15, -0.1) is 0 Å². The first kappa shape index (κ1) is 10.0. The fraction of sp³-hybridized carbons (Fsp3) is 1.00. The van der Waals surface area contributed by atoms with Gasteiger partial charge in [-0.25, -0.2) is 0 Å². The highest BCUT2D eigenvalue weighted by molar-refractivity contribution is 4.81. The minimum atomic E-state index is 0.712. The first-order valence-electron chi connectivity index (χ1n) is 5.25. The molecule has 0 aromatic rings. The largest absolute Gasteiger partial charge is 0.314 e. The quantitative estimate of drug-likeness (QED) is 0.690. The van der Waals surface area contributed by atoms with E-state index < -0.39 is 0 Å². The summed E-state index contributed by atoms with van der Waals surface area (Å²) in [5, 5.41) is 3.49. The van der Waals surface area contributed by atoms with Crippen LogP contribution in [0.4, 0.5) is 0 Å². The van der Waals surface area contributed by atoms with Crippen molar-refractivity contribution in [2.45, 2.75) is 45.7 Å². The van der Waals surface area contributed by atoms with Gasteiger partial charge < -0.3 is 10.2 Å². The number of hydrogen-bond acceptors (Lipinski definition) is 2. The Balaban J connectivity index is 2.38. The molecule has 0 spiro atoms. The molecule has 2 nitrogen and oxygen atoms in total. The van der Waals surface area contributed by atoms with Gasteiger partial charge in [-0.3, -0.25) is 0 Å². The van der Waals surface area contributed by atoms with Gasteiger partial charge >= 0.3 is 0 Å². The lowest BCUT2D eigenvalue weighted by atomic mass is 9.99. The van der Waals surface area contributed by atoms with Crippen molar-refractivity contribution in [3.63, 3.8) is 0 Å². The Morgan fingerprint density at radius 2 is 2.00 bits per heavy atom. The molecular weight excluding hydrogens is 148 g/mol. The zero-order valence-corrected chi connectivity index (χ0v) is 8.64. The van der Waals surface area contributed by atoms with Crippen molar-refractivity contribution in [2.75, 3.05) is 19.6 Å². The number of nitrogens with one attached hydrogen (secondary N) is 1. The summed E-state index contributed by atoms with van der Waals surface area (Å²) >= 11 is 0. The summed E-state index contributed by atoms with van der Waals surface area (Å²) in [6, 6.07) is 1.54. The summed E-state index contributed by atoms with van der Waals surface area (Å²) in [6.07, 6.45) is 2.65. The maximum atomic E-state index is 3.49. The summed E-state index contributed by atoms with van der Waals surface area (Å²) in [6.45, 7) is 10.4. The highest BCUT2D eigenvalue weighted by atomic mass is 15.2. The molecule has 0 aromatic heterocycles. The molecule has 0 amide bonds. The van der Waals surface area contributed by atoms with Gasteiger partial charge in [-0.1, -0.05) is 13.8 Å². The van der Waals surface area contributed by atoms with Gasteiger partial charge in [0.15, 0.2) is 0 Å². The average molecular weight is 170 g/mol. The highest BCUT2D eigenvalue weighted by Crippen LogP contribution is 2.14. The van der Waals surface area contributed by atoms with Gasteiger partial charge in [-0.05, 0) is 39.4 Å². The lowest BCUT2D eigenvalue weighted by Crippen LogP contribution is -2.46. The third kappa shape index (κ3) is 2.46. The van der Waals surface area contributed by atoms with E-state index in [-0.39, 0.29) is 0 Å². The zero-order valence-electron chi connectivity index (χ0n) is 8.64. The van der Waals surface area contributed by atoms with Crippen LogP contribution in [-0.2, 0) is 0 Å². The monoisotopic (exact) mass is 170 g/mol. The second kappa shape index (κ2) is 4.83. The molecule has 1 fully saturated rings. The summed E-state index contributed by atoms with van der Waals surface area (Å²) in [5.74, 6) is 0. The molecule has 1 aliphatic heterocycles. The van der Waals surface area contributed by atoms with E-state index in [4.69, 9.17) is 0 Å². The standard InChI is InChI=1S/C10H22N2/c1-4-12(5-2)10-6-7-11-9(3)8-10/h9-11H,4-8H2,1-3H3. The average Bonchev–Trinajstić information content (AvgIpc) is 2.07. The molecule has 12 heavy (non-hydrogen) atoms. The van der Waals surface area contributed by atoms with E-state index in [0.717, 1.165) is 6.04 Å². The predicted molar refractivity (Wildman–Crippen MR) is 53.4 cm³/mol. The van der Waals surface area contributed by atoms with E-state index in [0.29, 0.717) is 6.04 Å². The van der Waals surface area contributed by atoms with Gasteiger partial charge in [0.25, 0.3) is 0 Å². The smallest absolute Gasteiger partial charge is 0.0122 e. The topological polar surface area (TPSA) is 15.3 Å². The molecule has 2 unspecified atom stereocenters. The van der Waals surface area contributed by atoms with Crippen LogP contribution in [0.5, 0.6) is 0 Å². The van der Waals surface area contributed by atoms with Crippen molar-refractivity contribution in [3.8, 4) is 0 Å². The van der Waals surface area contributed by atoms with Crippen molar-refractivity contribution in [3.05, 3.63) is 0 Å². The van der Waals surface area contributed by atoms with Crippen LogP contribution in [0.15, 0.2) is 0 Å². The molecule has 1 N–H and O–H groups in total. The lowest BCUT2D eigenvalue weighted by Gasteiger charge is -2.35. The van der Waals surface area contributed by atoms with Crippen LogP contribution in [0.1, 0.15) is 33.6 Å². The van der Waals surface area contributed by atoms with Crippen LogP contribution in [0.3, 0.4) is 0 Å². The second-order valence-electron chi connectivity index (χ2n) is 3.75. The normalized spacial score (nSPS) is 31.0. The summed E-state index contributed by atoms with van der Waals surface area (Å²) in [7, 11) is 0. The fourth-order valence-corrected chi connectivity index (χ4v) is 2.18. The minimum Gasteiger partial charge on any atom is -0.314 e. The van der Waals surface area contributed by atoms with Crippen molar-refractivity contribution in [1.82, 2.24) is 10.2 Å². The van der Waals surface area contributed by atoms with E-state index >= 15 is 0 Å². The third-order valence-electron chi connectivity index (χ3n) is 2.92. The van der Waals surface area contributed by atoms with Crippen LogP contribution in [0.25, 0.3) is 0 Å². The summed E-state index contributed by atoms with van der Waals surface area (Å²) in [5.41, 5.74) is 0. The first-order valence-corrected chi connectivity index (χ1v) is 5.25. The Kier molecular flexibility index (Phi) is 4.02. The molecule has 1 aliphatic rings. The van der Waals surface area contributed by atoms with Gasteiger partial charge in [0.2, 0.25) is 0 Å². The lowest BCUT2D eigenvalue weighted by molar-refractivity contribution is 0.161. The van der Waals surface area contributed by atoms with Crippen molar-refractivity contribution >= 4 is 0 Å². The van der Waals surface area contributed by atoms with E-state index in [1.165, 1.54) is 32.5 Å². The molecule has 0 aliphatic carbocycles. The highest BCUT2D eigenvalue weighted by Gasteiger charge is 2.21. The maximum Gasteiger partial charge on any atom is 0.0122 e. The fourth-order valence-electron chi connectivity index (χ4n) is 2.18. The first-order chi connectivity index (χ1) is 5.77. The Morgan fingerprint density at radius 1 is 1.33 bits per heavy atom. The number of rotatable bonds is 3. The Bertz CT molecular complexity index is 121. The Hall–Kier alpha value is -0.0800. The molecule has 0 aromatic carbocycles. The Labute approximate surface area is 76.3 Å². The third-order valence-corrected chi connectivity index (χ3v) is 2.92. The molecule has 1 rings (SSSR count). The minimum absolute atomic E-state index is 0.712. The van der Waals surface area contributed by atoms with Crippen molar-refractivity contribution in [2.24, 2.45) is 0 Å². The maximum absolute atomic E-state index is 3.49. The van der Waals surface area contributed by atoms with Crippen molar-refractivity contribution in [1.29, 1.82) is 0 Å². The zero-order chi connectivity index (χ0) is 8.97. The Morgan fingerprint density at radius 3 is 2.50 bits per heavy atom. The van der Waals surface area contributed by atoms with Gasteiger partial charge in [0.05, 0.1) is 0 Å². The molecule has 2 heteroatoms. The molecular formula is C10H22N2. The predicted octanol–water partition coefficient (Wildman–Crippen LogP) is 1.47. The van der Waals surface area contributed by atoms with Crippen LogP contribution in [-0.4, -0.2) is 36.6 Å². The SMILES string of the molecule is CCN(CC)C1CCNC(C)C1. The summed E-state index contributed by atoms with van der Waals surface area (Å²) < 4.78 is 0. The van der Waals surface area contributed by atoms with Crippen molar-refractivity contribution < 1.29 is 0 Å². The van der Waals surface area contributed by atoms with E-state index in [1.807, 2.05) is 0 Å². The van der Waals surface area contributed by atoms with E-state index in [9.17, 15) is 0 Å². The van der Waals surface area contributed by atoms with Crippen LogP contribution < -0.4 is 5.32 Å². The van der Waals surface area contributed by atoms with Gasteiger partial charge in [0, 0.05) is 12.1 Å². The van der Waals surface area contributed by atoms with Crippen LogP contribution in [0, 0.1) is 0 Å². The number of hydrogen-bond donors (Lipinski definition) is 1. The number of nitrogens with zero attached hydrogens (tertiary/aromatic N) is 1. The molecule has 1 heterocycles. The van der Waals surface area contributed by atoms with E-state index in [2.05, 4.69) is 31.0 Å². The molecule has 0 saturated carbocycles. The summed E-state index contributed by atoms with van der Waals surface area (Å²) in [4.78, 5) is 2.58. The molecule has 1 saturated heterocycles. The molecule has 0 bridgehead atoms. The molecule has 72 valence electrons. The van der Waals surface area contributed by atoms with Crippen LogP contribution >= 0.6 is 0 Å². The molecule has 2 atom stereocenters. The van der Waals surface area contributed by atoms with Gasteiger partial charge in [0.1, 0.15) is 0 Å². The van der Waals surface area contributed by atoms with E-state index in [1.54, 1.807) is 0 Å².